The van der Waals surface area contributed by atoms with Gasteiger partial charge in [-0.1, -0.05) is 0 Å². The summed E-state index contributed by atoms with van der Waals surface area (Å²) in [6.07, 6.45) is -4.33. The van der Waals surface area contributed by atoms with Crippen molar-refractivity contribution in [3.05, 3.63) is 29.8 Å². The zero-order chi connectivity index (χ0) is 19.5. The first-order valence-corrected chi connectivity index (χ1v) is 9.11. The average Bonchev–Trinajstić information content (AvgIpc) is 2.65. The Bertz CT molecular complexity index is 573. The van der Waals surface area contributed by atoms with E-state index in [2.05, 4.69) is 20.5 Å². The number of halogens is 3. The molecule has 27 heavy (non-hydrogen) atoms. The predicted octanol–water partition coefficient (Wildman–Crippen LogP) is 1.97. The number of hydrogen-bond acceptors (Lipinski definition) is 4. The highest BCUT2D eigenvalue weighted by atomic mass is 19.4. The average molecular weight is 388 g/mol. The highest BCUT2D eigenvalue weighted by molar-refractivity contribution is 5.79. The Balaban J connectivity index is 1.69. The molecule has 1 aromatic carbocycles. The van der Waals surface area contributed by atoms with E-state index < -0.39 is 11.7 Å². The number of aliphatic imine (C=N–C) groups is 1. The van der Waals surface area contributed by atoms with Crippen LogP contribution in [-0.2, 0) is 10.9 Å². The fourth-order valence-corrected chi connectivity index (χ4v) is 2.55. The molecule has 0 unspecified atom stereocenters. The second-order valence-corrected chi connectivity index (χ2v) is 6.01. The zero-order valence-corrected chi connectivity index (χ0v) is 15.5. The van der Waals surface area contributed by atoms with E-state index in [0.29, 0.717) is 31.4 Å². The number of hydrogen-bond donors (Lipinski definition) is 2. The molecule has 1 aromatic rings. The third kappa shape index (κ3) is 8.04. The smallest absolute Gasteiger partial charge is 0.416 e. The number of morpholine rings is 1. The second kappa shape index (κ2) is 11.0. The van der Waals surface area contributed by atoms with Crippen molar-refractivity contribution in [2.75, 3.05) is 59.1 Å². The van der Waals surface area contributed by atoms with Crippen molar-refractivity contribution in [1.82, 2.24) is 15.5 Å². The fourth-order valence-electron chi connectivity index (χ4n) is 2.55. The summed E-state index contributed by atoms with van der Waals surface area (Å²) in [4.78, 5) is 6.83. The van der Waals surface area contributed by atoms with Gasteiger partial charge in [0.1, 0.15) is 12.4 Å². The molecule has 0 aromatic heterocycles. The number of ether oxygens (including phenoxy) is 2. The van der Waals surface area contributed by atoms with Gasteiger partial charge in [0.05, 0.1) is 31.9 Å². The lowest BCUT2D eigenvalue weighted by atomic mass is 10.2. The van der Waals surface area contributed by atoms with Crippen LogP contribution in [0.15, 0.2) is 29.3 Å². The SMILES string of the molecule is CCNC(=NCCN1CCOCC1)NCCOc1ccc(C(F)(F)F)cc1. The number of guanidine groups is 1. The Labute approximate surface area is 157 Å². The molecular weight excluding hydrogens is 361 g/mol. The summed E-state index contributed by atoms with van der Waals surface area (Å²) in [5, 5.41) is 6.31. The lowest BCUT2D eigenvalue weighted by molar-refractivity contribution is -0.137. The van der Waals surface area contributed by atoms with E-state index in [1.54, 1.807) is 0 Å². The lowest BCUT2D eigenvalue weighted by Gasteiger charge is -2.25. The molecule has 0 radical (unpaired) electrons. The highest BCUT2D eigenvalue weighted by Crippen LogP contribution is 2.30. The van der Waals surface area contributed by atoms with Crippen LogP contribution in [0.1, 0.15) is 12.5 Å². The zero-order valence-electron chi connectivity index (χ0n) is 15.5. The number of rotatable bonds is 8. The molecule has 1 heterocycles. The van der Waals surface area contributed by atoms with Crippen molar-refractivity contribution < 1.29 is 22.6 Å². The summed E-state index contributed by atoms with van der Waals surface area (Å²) in [5.41, 5.74) is -0.685. The molecule has 152 valence electrons. The first kappa shape index (κ1) is 21.3. The van der Waals surface area contributed by atoms with E-state index in [1.165, 1.54) is 12.1 Å². The third-order valence-electron chi connectivity index (χ3n) is 3.98. The molecule has 0 atom stereocenters. The van der Waals surface area contributed by atoms with Crippen LogP contribution < -0.4 is 15.4 Å². The number of alkyl halides is 3. The fraction of sp³-hybridized carbons (Fsp3) is 0.611. The van der Waals surface area contributed by atoms with E-state index in [1.807, 2.05) is 6.92 Å². The van der Waals surface area contributed by atoms with Crippen LogP contribution in [0.3, 0.4) is 0 Å². The van der Waals surface area contributed by atoms with Gasteiger partial charge in [-0.15, -0.1) is 0 Å². The first-order chi connectivity index (χ1) is 13.0. The van der Waals surface area contributed by atoms with Gasteiger partial charge in [0, 0.05) is 26.2 Å². The Hall–Kier alpha value is -2.00. The molecule has 9 heteroatoms. The Kier molecular flexibility index (Phi) is 8.66. The summed E-state index contributed by atoms with van der Waals surface area (Å²) in [7, 11) is 0. The van der Waals surface area contributed by atoms with Crippen LogP contribution in [0.5, 0.6) is 5.75 Å². The van der Waals surface area contributed by atoms with Crippen molar-refractivity contribution in [3.8, 4) is 5.75 Å². The molecule has 0 amide bonds. The van der Waals surface area contributed by atoms with E-state index in [9.17, 15) is 13.2 Å². The maximum Gasteiger partial charge on any atom is 0.416 e. The highest BCUT2D eigenvalue weighted by Gasteiger charge is 2.29. The van der Waals surface area contributed by atoms with Crippen LogP contribution in [0.25, 0.3) is 0 Å². The largest absolute Gasteiger partial charge is 0.492 e. The summed E-state index contributed by atoms with van der Waals surface area (Å²) < 4.78 is 48.4. The van der Waals surface area contributed by atoms with E-state index in [4.69, 9.17) is 9.47 Å². The lowest BCUT2D eigenvalue weighted by Crippen LogP contribution is -2.41. The quantitative estimate of drug-likeness (QED) is 0.405. The van der Waals surface area contributed by atoms with Gasteiger partial charge in [-0.05, 0) is 31.2 Å². The maximum atomic E-state index is 12.5. The van der Waals surface area contributed by atoms with Crippen LogP contribution in [0.2, 0.25) is 0 Å². The molecule has 2 rings (SSSR count). The van der Waals surface area contributed by atoms with Crippen molar-refractivity contribution in [3.63, 3.8) is 0 Å². The maximum absolute atomic E-state index is 12.5. The molecule has 2 N–H and O–H groups in total. The van der Waals surface area contributed by atoms with Crippen LogP contribution in [-0.4, -0.2) is 69.9 Å². The molecule has 0 bridgehead atoms. The van der Waals surface area contributed by atoms with Gasteiger partial charge in [-0.25, -0.2) is 0 Å². The van der Waals surface area contributed by atoms with Gasteiger partial charge >= 0.3 is 6.18 Å². The first-order valence-electron chi connectivity index (χ1n) is 9.11. The van der Waals surface area contributed by atoms with Gasteiger partial charge in [0.15, 0.2) is 5.96 Å². The summed E-state index contributed by atoms with van der Waals surface area (Å²) in [5.74, 6) is 1.10. The molecule has 0 spiro atoms. The molecule has 0 saturated carbocycles. The molecule has 0 aliphatic carbocycles. The normalized spacial score (nSPS) is 16.2. The minimum absolute atomic E-state index is 0.319. The number of nitrogens with zero attached hydrogens (tertiary/aromatic N) is 2. The van der Waals surface area contributed by atoms with Crippen molar-refractivity contribution >= 4 is 5.96 Å². The third-order valence-corrected chi connectivity index (χ3v) is 3.98. The van der Waals surface area contributed by atoms with E-state index >= 15 is 0 Å². The van der Waals surface area contributed by atoms with Gasteiger partial charge in [0.2, 0.25) is 0 Å². The monoisotopic (exact) mass is 388 g/mol. The van der Waals surface area contributed by atoms with Gasteiger partial charge in [-0.3, -0.25) is 9.89 Å². The standard InChI is InChI=1S/C18H27F3N4O2/c1-2-22-17(23-7-9-25-10-13-26-14-11-25)24-8-12-27-16-5-3-15(4-6-16)18(19,20)21/h3-6H,2,7-14H2,1H3,(H2,22,23,24). The van der Waals surface area contributed by atoms with Gasteiger partial charge in [0.25, 0.3) is 0 Å². The molecule has 1 fully saturated rings. The molecule has 1 aliphatic heterocycles. The summed E-state index contributed by atoms with van der Waals surface area (Å²) in [6.45, 7) is 8.48. The van der Waals surface area contributed by atoms with E-state index in [-0.39, 0.29) is 0 Å². The topological polar surface area (TPSA) is 58.1 Å². The van der Waals surface area contributed by atoms with Crippen molar-refractivity contribution in [1.29, 1.82) is 0 Å². The van der Waals surface area contributed by atoms with Gasteiger partial charge < -0.3 is 20.1 Å². The molecule has 1 aliphatic rings. The van der Waals surface area contributed by atoms with E-state index in [0.717, 1.165) is 51.5 Å². The van der Waals surface area contributed by atoms with Crippen molar-refractivity contribution in [2.45, 2.75) is 13.1 Å². The van der Waals surface area contributed by atoms with Crippen LogP contribution >= 0.6 is 0 Å². The van der Waals surface area contributed by atoms with Crippen molar-refractivity contribution in [2.24, 2.45) is 4.99 Å². The Morgan fingerprint density at radius 3 is 2.52 bits per heavy atom. The number of nitrogens with one attached hydrogen (secondary N) is 2. The van der Waals surface area contributed by atoms with Crippen LogP contribution in [0, 0.1) is 0 Å². The Morgan fingerprint density at radius 1 is 1.19 bits per heavy atom. The molecular formula is C18H27F3N4O2. The minimum atomic E-state index is -4.33. The summed E-state index contributed by atoms with van der Waals surface area (Å²) in [6, 6.07) is 4.68. The Morgan fingerprint density at radius 2 is 1.89 bits per heavy atom. The minimum Gasteiger partial charge on any atom is -0.492 e. The molecule has 1 saturated heterocycles. The summed E-state index contributed by atoms with van der Waals surface area (Å²) >= 11 is 0. The van der Waals surface area contributed by atoms with Gasteiger partial charge in [-0.2, -0.15) is 13.2 Å². The molecule has 6 nitrogen and oxygen atoms in total. The van der Waals surface area contributed by atoms with Crippen LogP contribution in [0.4, 0.5) is 13.2 Å². The predicted molar refractivity (Wildman–Crippen MR) is 98.2 cm³/mol. The second-order valence-electron chi connectivity index (χ2n) is 6.01. The number of benzene rings is 1.